The van der Waals surface area contributed by atoms with Gasteiger partial charge in [-0.3, -0.25) is 9.59 Å². The van der Waals surface area contributed by atoms with Crippen molar-refractivity contribution in [1.29, 1.82) is 0 Å². The fourth-order valence-electron chi connectivity index (χ4n) is 6.67. The Bertz CT molecular complexity index is 1110. The topological polar surface area (TPSA) is 43.4 Å². The molecule has 3 nitrogen and oxygen atoms in total. The SMILES string of the molecule is O=C(c1ccccc1CCOC(=O)C12CC3CC(CC(C3)C1)C2)c1c(F)c(F)c(F)c(F)c1F. The number of esters is 1. The Labute approximate surface area is 193 Å². The number of benzene rings is 2. The summed E-state index contributed by atoms with van der Waals surface area (Å²) in [5.41, 5.74) is -1.87. The van der Waals surface area contributed by atoms with E-state index < -0.39 is 45.8 Å². The molecule has 4 aliphatic rings. The first-order chi connectivity index (χ1) is 16.2. The van der Waals surface area contributed by atoms with E-state index in [1.54, 1.807) is 6.07 Å². The smallest absolute Gasteiger partial charge is 0.312 e. The maximum absolute atomic E-state index is 14.2. The lowest BCUT2D eigenvalue weighted by Crippen LogP contribution is -2.50. The van der Waals surface area contributed by atoms with E-state index in [1.807, 2.05) is 0 Å². The highest BCUT2D eigenvalue weighted by Crippen LogP contribution is 2.60. The van der Waals surface area contributed by atoms with E-state index in [0.717, 1.165) is 19.3 Å². The van der Waals surface area contributed by atoms with E-state index in [9.17, 15) is 31.5 Å². The second kappa shape index (κ2) is 8.47. The van der Waals surface area contributed by atoms with E-state index in [2.05, 4.69) is 0 Å². The molecule has 0 unspecified atom stereocenters. The predicted molar refractivity (Wildman–Crippen MR) is 111 cm³/mol. The Kier molecular flexibility index (Phi) is 5.73. The van der Waals surface area contributed by atoms with Crippen molar-refractivity contribution in [2.75, 3.05) is 6.61 Å². The molecule has 2 aromatic rings. The van der Waals surface area contributed by atoms with Crippen molar-refractivity contribution in [3.05, 3.63) is 70.0 Å². The number of ether oxygens (including phenoxy) is 1. The normalized spacial score (nSPS) is 27.1. The number of carbonyl (C=O) groups excluding carboxylic acids is 2. The van der Waals surface area contributed by atoms with Gasteiger partial charge in [-0.05, 0) is 61.8 Å². The molecule has 8 heteroatoms. The maximum Gasteiger partial charge on any atom is 0.312 e. The summed E-state index contributed by atoms with van der Waals surface area (Å²) in [6.45, 7) is -0.0536. The van der Waals surface area contributed by atoms with Crippen LogP contribution in [-0.4, -0.2) is 18.4 Å². The van der Waals surface area contributed by atoms with Crippen molar-refractivity contribution in [2.24, 2.45) is 23.2 Å². The van der Waals surface area contributed by atoms with E-state index >= 15 is 0 Å². The lowest BCUT2D eigenvalue weighted by molar-refractivity contribution is -0.171. The van der Waals surface area contributed by atoms with Gasteiger partial charge in [-0.15, -0.1) is 0 Å². The zero-order chi connectivity index (χ0) is 24.2. The van der Waals surface area contributed by atoms with Crippen LogP contribution in [0.4, 0.5) is 22.0 Å². The van der Waals surface area contributed by atoms with Gasteiger partial charge >= 0.3 is 5.97 Å². The summed E-state index contributed by atoms with van der Waals surface area (Å²) in [6, 6.07) is 5.74. The average molecular weight is 478 g/mol. The zero-order valence-corrected chi connectivity index (χ0v) is 18.3. The molecule has 0 spiro atoms. The predicted octanol–water partition coefficient (Wildman–Crippen LogP) is 5.92. The Morgan fingerprint density at radius 1 is 0.794 bits per heavy atom. The number of hydrogen-bond donors (Lipinski definition) is 0. The van der Waals surface area contributed by atoms with Gasteiger partial charge in [0.2, 0.25) is 5.82 Å². The van der Waals surface area contributed by atoms with Gasteiger partial charge in [0.05, 0.1) is 12.0 Å². The number of carbonyl (C=O) groups is 2. The minimum Gasteiger partial charge on any atom is -0.465 e. The van der Waals surface area contributed by atoms with Crippen molar-refractivity contribution >= 4 is 11.8 Å². The van der Waals surface area contributed by atoms with Crippen LogP contribution in [0.5, 0.6) is 0 Å². The molecule has 0 heterocycles. The van der Waals surface area contributed by atoms with Crippen LogP contribution in [0.25, 0.3) is 0 Å². The molecule has 0 N–H and O–H groups in total. The Hall–Kier alpha value is -2.77. The van der Waals surface area contributed by atoms with Gasteiger partial charge in [-0.1, -0.05) is 24.3 Å². The quantitative estimate of drug-likeness (QED) is 0.170. The van der Waals surface area contributed by atoms with E-state index in [-0.39, 0.29) is 30.1 Å². The average Bonchev–Trinajstić information content (AvgIpc) is 2.81. The van der Waals surface area contributed by atoms with E-state index in [0.29, 0.717) is 17.8 Å². The lowest BCUT2D eigenvalue weighted by Gasteiger charge is -2.55. The summed E-state index contributed by atoms with van der Waals surface area (Å²) in [5, 5.41) is 0. The first kappa shape index (κ1) is 23.0. The van der Waals surface area contributed by atoms with Crippen molar-refractivity contribution in [2.45, 2.75) is 44.9 Å². The van der Waals surface area contributed by atoms with Crippen molar-refractivity contribution in [3.63, 3.8) is 0 Å². The standard InChI is InChI=1S/C26H23F5O3/c27-19-18(20(28)22(30)23(31)21(19)29)24(32)17-4-2-1-3-16(17)5-6-34-25(33)26-10-13-7-14(11-26)9-15(8-13)12-26/h1-4,13-15H,5-12H2. The van der Waals surface area contributed by atoms with Gasteiger partial charge in [0.1, 0.15) is 5.56 Å². The molecule has 180 valence electrons. The third kappa shape index (κ3) is 3.71. The molecule has 34 heavy (non-hydrogen) atoms. The zero-order valence-electron chi connectivity index (χ0n) is 18.3. The molecule has 0 saturated heterocycles. The molecule has 4 aliphatic carbocycles. The van der Waals surface area contributed by atoms with Crippen LogP contribution in [0.15, 0.2) is 24.3 Å². The third-order valence-electron chi connectivity index (χ3n) is 7.77. The fraction of sp³-hybridized carbons (Fsp3) is 0.462. The number of rotatable bonds is 6. The highest BCUT2D eigenvalue weighted by atomic mass is 19.2. The van der Waals surface area contributed by atoms with Crippen molar-refractivity contribution in [1.82, 2.24) is 0 Å². The first-order valence-corrected chi connectivity index (χ1v) is 11.5. The Morgan fingerprint density at radius 2 is 1.29 bits per heavy atom. The monoisotopic (exact) mass is 478 g/mol. The molecule has 0 amide bonds. The van der Waals surface area contributed by atoms with Gasteiger partial charge in [-0.25, -0.2) is 22.0 Å². The highest BCUT2D eigenvalue weighted by Gasteiger charge is 2.55. The van der Waals surface area contributed by atoms with Crippen LogP contribution in [0.3, 0.4) is 0 Å². The van der Waals surface area contributed by atoms with Crippen LogP contribution >= 0.6 is 0 Å². The molecule has 2 aromatic carbocycles. The van der Waals surface area contributed by atoms with Crippen LogP contribution in [0.1, 0.15) is 60.0 Å². The first-order valence-electron chi connectivity index (χ1n) is 11.5. The van der Waals surface area contributed by atoms with Gasteiger partial charge in [0.15, 0.2) is 29.1 Å². The van der Waals surface area contributed by atoms with Crippen LogP contribution < -0.4 is 0 Å². The molecule has 4 saturated carbocycles. The third-order valence-corrected chi connectivity index (χ3v) is 7.77. The summed E-state index contributed by atoms with van der Waals surface area (Å²) < 4.78 is 74.5. The molecule has 4 fully saturated rings. The van der Waals surface area contributed by atoms with Crippen LogP contribution in [0.2, 0.25) is 0 Å². The molecule has 0 aromatic heterocycles. The Balaban J connectivity index is 1.32. The van der Waals surface area contributed by atoms with Gasteiger partial charge in [0, 0.05) is 12.0 Å². The number of hydrogen-bond acceptors (Lipinski definition) is 3. The fourth-order valence-corrected chi connectivity index (χ4v) is 6.67. The molecule has 0 aliphatic heterocycles. The van der Waals surface area contributed by atoms with Gasteiger partial charge < -0.3 is 4.74 Å². The maximum atomic E-state index is 14.2. The molecule has 6 rings (SSSR count). The second-order valence-corrected chi connectivity index (χ2v) is 10.0. The summed E-state index contributed by atoms with van der Waals surface area (Å²) >= 11 is 0. The molecular weight excluding hydrogens is 455 g/mol. The second-order valence-electron chi connectivity index (χ2n) is 10.0. The molecule has 4 bridgehead atoms. The molecule has 0 atom stereocenters. The van der Waals surface area contributed by atoms with Crippen molar-refractivity contribution in [3.8, 4) is 0 Å². The van der Waals surface area contributed by atoms with E-state index in [4.69, 9.17) is 4.74 Å². The minimum atomic E-state index is -2.32. The molecule has 0 radical (unpaired) electrons. The van der Waals surface area contributed by atoms with Crippen LogP contribution in [-0.2, 0) is 16.0 Å². The Morgan fingerprint density at radius 3 is 1.85 bits per heavy atom. The largest absolute Gasteiger partial charge is 0.465 e. The number of ketones is 1. The van der Waals surface area contributed by atoms with Crippen molar-refractivity contribution < 1.29 is 36.3 Å². The number of halogens is 5. The van der Waals surface area contributed by atoms with Gasteiger partial charge in [-0.2, -0.15) is 0 Å². The van der Waals surface area contributed by atoms with Crippen LogP contribution in [0, 0.1) is 52.3 Å². The lowest BCUT2D eigenvalue weighted by atomic mass is 9.49. The molecular formula is C26H23F5O3. The summed E-state index contributed by atoms with van der Waals surface area (Å²) in [7, 11) is 0. The minimum absolute atomic E-state index is 0.0536. The summed E-state index contributed by atoms with van der Waals surface area (Å²) in [5.74, 6) is -10.9. The highest BCUT2D eigenvalue weighted by molar-refractivity contribution is 6.10. The van der Waals surface area contributed by atoms with E-state index in [1.165, 1.54) is 37.5 Å². The summed E-state index contributed by atoms with van der Waals surface area (Å²) in [6.07, 6.45) is 6.13. The summed E-state index contributed by atoms with van der Waals surface area (Å²) in [4.78, 5) is 25.8. The van der Waals surface area contributed by atoms with Gasteiger partial charge in [0.25, 0.3) is 0 Å².